The van der Waals surface area contributed by atoms with Crippen LogP contribution >= 0.6 is 11.6 Å². The molecule has 1 heterocycles. The van der Waals surface area contributed by atoms with Crippen molar-refractivity contribution in [2.24, 2.45) is 5.92 Å². The van der Waals surface area contributed by atoms with E-state index < -0.39 is 0 Å². The van der Waals surface area contributed by atoms with Gasteiger partial charge in [-0.15, -0.1) is 0 Å². The fourth-order valence-electron chi connectivity index (χ4n) is 1.99. The Bertz CT molecular complexity index is 375. The second kappa shape index (κ2) is 4.37. The van der Waals surface area contributed by atoms with Crippen LogP contribution in [0, 0.1) is 5.92 Å². The molecule has 1 aliphatic carbocycles. The molecule has 0 aliphatic heterocycles. The molecule has 0 amide bonds. The first kappa shape index (κ1) is 11.9. The van der Waals surface area contributed by atoms with Crippen LogP contribution < -0.4 is 0 Å². The van der Waals surface area contributed by atoms with Crippen LogP contribution in [0.15, 0.2) is 12.3 Å². The maximum atomic E-state index is 6.43. The van der Waals surface area contributed by atoms with Crippen LogP contribution in [0.1, 0.15) is 51.3 Å². The Balaban J connectivity index is 2.17. The first-order chi connectivity index (χ1) is 7.48. The summed E-state index contributed by atoms with van der Waals surface area (Å²) in [7, 11) is 0. The van der Waals surface area contributed by atoms with Gasteiger partial charge in [-0.3, -0.25) is 4.98 Å². The molecule has 2 rings (SSSR count). The molecule has 0 bridgehead atoms. The van der Waals surface area contributed by atoms with Crippen LogP contribution in [-0.4, -0.2) is 4.98 Å². The predicted molar refractivity (Wildman–Crippen MR) is 69.0 cm³/mol. The van der Waals surface area contributed by atoms with Gasteiger partial charge in [0, 0.05) is 6.20 Å². The van der Waals surface area contributed by atoms with Crippen molar-refractivity contribution in [2.45, 2.75) is 51.9 Å². The molecule has 0 aromatic carbocycles. The van der Waals surface area contributed by atoms with E-state index in [9.17, 15) is 0 Å². The van der Waals surface area contributed by atoms with Crippen molar-refractivity contribution in [1.82, 2.24) is 4.98 Å². The molecule has 0 atom stereocenters. The normalized spacial score (nSPS) is 16.5. The molecular weight excluding hydrogens is 218 g/mol. The fourth-order valence-corrected chi connectivity index (χ4v) is 2.48. The van der Waals surface area contributed by atoms with Crippen molar-refractivity contribution in [3.63, 3.8) is 0 Å². The number of hydrogen-bond acceptors (Lipinski definition) is 1. The summed E-state index contributed by atoms with van der Waals surface area (Å²) in [4.78, 5) is 4.42. The number of aryl methyl sites for hydroxylation is 1. The van der Waals surface area contributed by atoms with Crippen LogP contribution in [0.3, 0.4) is 0 Å². The van der Waals surface area contributed by atoms with Crippen molar-refractivity contribution < 1.29 is 0 Å². The third kappa shape index (κ3) is 2.76. The van der Waals surface area contributed by atoms with Gasteiger partial charge in [0.1, 0.15) is 0 Å². The van der Waals surface area contributed by atoms with Gasteiger partial charge in [-0.25, -0.2) is 0 Å². The maximum Gasteiger partial charge on any atom is 0.0658 e. The van der Waals surface area contributed by atoms with Gasteiger partial charge in [0.2, 0.25) is 0 Å². The minimum atomic E-state index is 0.106. The van der Waals surface area contributed by atoms with Gasteiger partial charge >= 0.3 is 0 Å². The first-order valence-electron chi connectivity index (χ1n) is 6.12. The zero-order valence-electron chi connectivity index (χ0n) is 10.4. The zero-order valence-corrected chi connectivity index (χ0v) is 11.1. The zero-order chi connectivity index (χ0) is 11.8. The summed E-state index contributed by atoms with van der Waals surface area (Å²) in [5.74, 6) is 0.941. The van der Waals surface area contributed by atoms with E-state index in [1.165, 1.54) is 24.8 Å². The number of hydrogen-bond donors (Lipinski definition) is 0. The van der Waals surface area contributed by atoms with Gasteiger partial charge < -0.3 is 0 Å². The summed E-state index contributed by atoms with van der Waals surface area (Å²) in [5, 5.41) is 0.885. The minimum absolute atomic E-state index is 0.106. The average molecular weight is 238 g/mol. The highest BCUT2D eigenvalue weighted by Gasteiger charge is 2.23. The van der Waals surface area contributed by atoms with E-state index in [2.05, 4.69) is 25.8 Å². The molecule has 1 nitrogen and oxygen atoms in total. The van der Waals surface area contributed by atoms with Gasteiger partial charge in [0.25, 0.3) is 0 Å². The quantitative estimate of drug-likeness (QED) is 0.761. The van der Waals surface area contributed by atoms with E-state index in [4.69, 9.17) is 11.6 Å². The highest BCUT2D eigenvalue weighted by Crippen LogP contribution is 2.36. The average Bonchev–Trinajstić information content (AvgIpc) is 2.98. The van der Waals surface area contributed by atoms with E-state index in [0.717, 1.165) is 23.1 Å². The third-order valence-electron chi connectivity index (χ3n) is 3.26. The molecular formula is C14H20ClN. The summed E-state index contributed by atoms with van der Waals surface area (Å²) in [5.41, 5.74) is 2.41. The van der Waals surface area contributed by atoms with Crippen molar-refractivity contribution >= 4 is 11.6 Å². The van der Waals surface area contributed by atoms with Gasteiger partial charge in [0.15, 0.2) is 0 Å². The van der Waals surface area contributed by atoms with Crippen molar-refractivity contribution in [1.29, 1.82) is 0 Å². The molecule has 0 spiro atoms. The van der Waals surface area contributed by atoms with Crippen LogP contribution in [-0.2, 0) is 11.8 Å². The third-order valence-corrected chi connectivity index (χ3v) is 3.68. The Morgan fingerprint density at radius 1 is 1.38 bits per heavy atom. The Hall–Kier alpha value is -0.560. The Morgan fingerprint density at radius 2 is 2.06 bits per heavy atom. The number of pyridine rings is 1. The maximum absolute atomic E-state index is 6.43. The number of halogens is 1. The Labute approximate surface area is 103 Å². The Kier molecular flexibility index (Phi) is 3.25. The van der Waals surface area contributed by atoms with E-state index in [1.807, 2.05) is 12.3 Å². The summed E-state index contributed by atoms with van der Waals surface area (Å²) < 4.78 is 0. The molecule has 2 heteroatoms. The van der Waals surface area contributed by atoms with E-state index in [0.29, 0.717) is 0 Å². The van der Waals surface area contributed by atoms with Gasteiger partial charge in [0.05, 0.1) is 10.7 Å². The van der Waals surface area contributed by atoms with Crippen molar-refractivity contribution in [3.8, 4) is 0 Å². The summed E-state index contributed by atoms with van der Waals surface area (Å²) in [6.07, 6.45) is 6.98. The van der Waals surface area contributed by atoms with E-state index in [-0.39, 0.29) is 5.41 Å². The molecule has 16 heavy (non-hydrogen) atoms. The summed E-state index contributed by atoms with van der Waals surface area (Å²) in [6.45, 7) is 6.58. The fraction of sp³-hybridized carbons (Fsp3) is 0.643. The highest BCUT2D eigenvalue weighted by molar-refractivity contribution is 6.32. The standard InChI is InChI=1S/C14H20ClN/c1-14(2,3)11-8-9-16-12(13(11)15)7-6-10-4-5-10/h8-10H,4-7H2,1-3H3. The second-order valence-electron chi connectivity index (χ2n) is 5.85. The SMILES string of the molecule is CC(C)(C)c1ccnc(CCC2CC2)c1Cl. The molecule has 0 N–H and O–H groups in total. The lowest BCUT2D eigenvalue weighted by Crippen LogP contribution is -2.13. The van der Waals surface area contributed by atoms with E-state index in [1.54, 1.807) is 0 Å². The largest absolute Gasteiger partial charge is 0.260 e. The van der Waals surface area contributed by atoms with Gasteiger partial charge in [-0.1, -0.05) is 45.2 Å². The lowest BCUT2D eigenvalue weighted by atomic mass is 9.87. The monoisotopic (exact) mass is 237 g/mol. The van der Waals surface area contributed by atoms with Crippen molar-refractivity contribution in [2.75, 3.05) is 0 Å². The number of rotatable bonds is 3. The minimum Gasteiger partial charge on any atom is -0.260 e. The summed E-state index contributed by atoms with van der Waals surface area (Å²) in [6, 6.07) is 2.04. The molecule has 0 radical (unpaired) electrons. The topological polar surface area (TPSA) is 12.9 Å². The predicted octanol–water partition coefficient (Wildman–Crippen LogP) is 4.38. The van der Waals surface area contributed by atoms with Crippen LogP contribution in [0.5, 0.6) is 0 Å². The van der Waals surface area contributed by atoms with Crippen LogP contribution in [0.2, 0.25) is 5.02 Å². The highest BCUT2D eigenvalue weighted by atomic mass is 35.5. The molecule has 0 unspecified atom stereocenters. The van der Waals surface area contributed by atoms with Gasteiger partial charge in [-0.2, -0.15) is 0 Å². The molecule has 1 aliphatic rings. The molecule has 0 saturated heterocycles. The smallest absolute Gasteiger partial charge is 0.0658 e. The molecule has 1 aromatic rings. The second-order valence-corrected chi connectivity index (χ2v) is 6.23. The van der Waals surface area contributed by atoms with Crippen LogP contribution in [0.4, 0.5) is 0 Å². The lowest BCUT2D eigenvalue weighted by molar-refractivity contribution is 0.587. The molecule has 1 saturated carbocycles. The van der Waals surface area contributed by atoms with E-state index >= 15 is 0 Å². The van der Waals surface area contributed by atoms with Crippen LogP contribution in [0.25, 0.3) is 0 Å². The molecule has 1 aromatic heterocycles. The molecule has 1 fully saturated rings. The first-order valence-corrected chi connectivity index (χ1v) is 6.50. The van der Waals surface area contributed by atoms with Gasteiger partial charge in [-0.05, 0) is 35.8 Å². The Morgan fingerprint density at radius 3 is 2.62 bits per heavy atom. The van der Waals surface area contributed by atoms with Crippen molar-refractivity contribution in [3.05, 3.63) is 28.5 Å². The molecule has 88 valence electrons. The summed E-state index contributed by atoms with van der Waals surface area (Å²) >= 11 is 6.43. The number of nitrogens with zero attached hydrogens (tertiary/aromatic N) is 1. The lowest BCUT2D eigenvalue weighted by Gasteiger charge is -2.21. The number of aromatic nitrogens is 1.